The minimum absolute atomic E-state index is 0.157. The van der Waals surface area contributed by atoms with Crippen LogP contribution in [-0.2, 0) is 14.8 Å². The average Bonchev–Trinajstić information content (AvgIpc) is 2.77. The van der Waals surface area contributed by atoms with E-state index >= 15 is 0 Å². The molecule has 7 nitrogen and oxygen atoms in total. The molecule has 3 rings (SSSR count). The second kappa shape index (κ2) is 9.37. The summed E-state index contributed by atoms with van der Waals surface area (Å²) in [5, 5.41) is 10.1. The van der Waals surface area contributed by atoms with Crippen molar-refractivity contribution in [3.05, 3.63) is 71.1 Å². The van der Waals surface area contributed by atoms with Crippen LogP contribution in [0.4, 0.5) is 0 Å². The quantitative estimate of drug-likeness (QED) is 0.726. The fourth-order valence-corrected chi connectivity index (χ4v) is 4.07. The van der Waals surface area contributed by atoms with Crippen molar-refractivity contribution in [1.29, 1.82) is 5.26 Å². The number of hydrogen-bond donors (Lipinski definition) is 0. The van der Waals surface area contributed by atoms with Crippen LogP contribution in [0.3, 0.4) is 0 Å². The van der Waals surface area contributed by atoms with Gasteiger partial charge in [-0.3, -0.25) is 4.79 Å². The van der Waals surface area contributed by atoms with Gasteiger partial charge in [-0.2, -0.15) is 9.57 Å². The van der Waals surface area contributed by atoms with E-state index in [1.54, 1.807) is 35.2 Å². The van der Waals surface area contributed by atoms with E-state index in [0.717, 1.165) is 5.56 Å². The summed E-state index contributed by atoms with van der Waals surface area (Å²) in [6.07, 6.45) is 1.57. The summed E-state index contributed by atoms with van der Waals surface area (Å²) in [6, 6.07) is 17.8. The lowest BCUT2D eigenvalue weighted by molar-refractivity contribution is -0.134. The van der Waals surface area contributed by atoms with Gasteiger partial charge in [-0.05, 0) is 29.8 Å². The van der Waals surface area contributed by atoms with Crippen LogP contribution in [0.15, 0.2) is 60.0 Å². The van der Waals surface area contributed by atoms with Crippen molar-refractivity contribution >= 4 is 22.0 Å². The molecule has 0 bridgehead atoms. The largest absolute Gasteiger partial charge is 0.484 e. The van der Waals surface area contributed by atoms with Crippen molar-refractivity contribution in [2.45, 2.75) is 0 Å². The molecule has 0 aromatic heterocycles. The number of carbonyl (C=O) groups is 1. The first-order valence-corrected chi connectivity index (χ1v) is 10.6. The van der Waals surface area contributed by atoms with Crippen LogP contribution in [0.2, 0.25) is 0 Å². The van der Waals surface area contributed by atoms with E-state index in [-0.39, 0.29) is 25.6 Å². The molecule has 1 amide bonds. The number of amides is 1. The van der Waals surface area contributed by atoms with E-state index in [2.05, 4.69) is 0 Å². The van der Waals surface area contributed by atoms with Crippen molar-refractivity contribution < 1.29 is 17.9 Å². The smallest absolute Gasteiger partial charge is 0.260 e. The average molecular weight is 411 g/mol. The molecule has 0 radical (unpaired) electrons. The van der Waals surface area contributed by atoms with Gasteiger partial charge in [0.2, 0.25) is 10.0 Å². The highest BCUT2D eigenvalue weighted by atomic mass is 32.2. The fraction of sp³-hybridized carbons (Fsp3) is 0.238. The minimum Gasteiger partial charge on any atom is -0.484 e. The molecule has 8 heteroatoms. The lowest BCUT2D eigenvalue weighted by Crippen LogP contribution is -2.51. The summed E-state index contributed by atoms with van der Waals surface area (Å²) >= 11 is 0. The molecule has 1 aliphatic rings. The van der Waals surface area contributed by atoms with Crippen LogP contribution < -0.4 is 4.74 Å². The third-order valence-corrected chi connectivity index (χ3v) is 6.07. The molecule has 0 unspecified atom stereocenters. The first-order valence-electron chi connectivity index (χ1n) is 9.12. The van der Waals surface area contributed by atoms with Crippen molar-refractivity contribution in [2.24, 2.45) is 0 Å². The van der Waals surface area contributed by atoms with Crippen molar-refractivity contribution in [1.82, 2.24) is 9.21 Å². The molecule has 1 aliphatic heterocycles. The Morgan fingerprint density at radius 1 is 1.07 bits per heavy atom. The van der Waals surface area contributed by atoms with Crippen LogP contribution in [0.1, 0.15) is 11.1 Å². The Kier molecular flexibility index (Phi) is 6.65. The maximum atomic E-state index is 12.5. The lowest BCUT2D eigenvalue weighted by atomic mass is 10.2. The third kappa shape index (κ3) is 5.67. The second-order valence-corrected chi connectivity index (χ2v) is 8.29. The molecule has 1 heterocycles. The van der Waals surface area contributed by atoms with Crippen LogP contribution in [0.5, 0.6) is 5.75 Å². The molecule has 0 spiro atoms. The first-order chi connectivity index (χ1) is 14.0. The van der Waals surface area contributed by atoms with E-state index in [0.29, 0.717) is 24.4 Å². The topological polar surface area (TPSA) is 90.7 Å². The van der Waals surface area contributed by atoms with E-state index in [9.17, 15) is 13.2 Å². The van der Waals surface area contributed by atoms with Gasteiger partial charge in [0.05, 0.1) is 11.6 Å². The van der Waals surface area contributed by atoms with Gasteiger partial charge in [0.15, 0.2) is 6.61 Å². The predicted molar refractivity (Wildman–Crippen MR) is 109 cm³/mol. The Balaban J connectivity index is 1.51. The number of carbonyl (C=O) groups excluding carboxylic acids is 1. The number of hydrogen-bond acceptors (Lipinski definition) is 5. The maximum Gasteiger partial charge on any atom is 0.260 e. The predicted octanol–water partition coefficient (Wildman–Crippen LogP) is 2.08. The number of ether oxygens (including phenoxy) is 1. The molecule has 0 saturated carbocycles. The Morgan fingerprint density at radius 2 is 1.79 bits per heavy atom. The Morgan fingerprint density at radius 3 is 2.48 bits per heavy atom. The van der Waals surface area contributed by atoms with Crippen LogP contribution in [-0.4, -0.2) is 56.3 Å². The van der Waals surface area contributed by atoms with E-state index in [1.165, 1.54) is 9.71 Å². The SMILES string of the molecule is N#Cc1cccc(OCC(=O)N2CCN(S(=O)(=O)/C=C/c3ccccc3)CC2)c1. The molecule has 0 aliphatic carbocycles. The molecular weight excluding hydrogens is 390 g/mol. The standard InChI is InChI=1S/C21H21N3O4S/c22-16-19-7-4-8-20(15-19)28-17-21(25)23-10-12-24(13-11-23)29(26,27)14-9-18-5-2-1-3-6-18/h1-9,14-15H,10-13,17H2/b14-9+. The molecule has 150 valence electrons. The maximum absolute atomic E-state index is 12.5. The summed E-state index contributed by atoms with van der Waals surface area (Å²) in [5.41, 5.74) is 1.26. The third-order valence-electron chi connectivity index (χ3n) is 4.51. The molecule has 0 N–H and O–H groups in total. The zero-order valence-electron chi connectivity index (χ0n) is 15.8. The van der Waals surface area contributed by atoms with Gasteiger partial charge in [-0.1, -0.05) is 36.4 Å². The van der Waals surface area contributed by atoms with Crippen LogP contribution in [0.25, 0.3) is 6.08 Å². The number of piperazine rings is 1. The summed E-state index contributed by atoms with van der Waals surface area (Å²) in [5.74, 6) is 0.230. The molecule has 0 atom stereocenters. The fourth-order valence-electron chi connectivity index (χ4n) is 2.90. The number of nitrogens with zero attached hydrogens (tertiary/aromatic N) is 3. The van der Waals surface area contributed by atoms with Gasteiger partial charge in [-0.15, -0.1) is 0 Å². The first kappa shape index (κ1) is 20.6. The van der Waals surface area contributed by atoms with Crippen molar-refractivity contribution in [3.8, 4) is 11.8 Å². The molecule has 2 aromatic rings. The zero-order chi connectivity index (χ0) is 20.7. The van der Waals surface area contributed by atoms with Crippen LogP contribution in [0, 0.1) is 11.3 Å². The summed E-state index contributed by atoms with van der Waals surface area (Å²) in [6.45, 7) is 0.918. The van der Waals surface area contributed by atoms with Gasteiger partial charge in [0, 0.05) is 31.6 Å². The Labute approximate surface area is 170 Å². The number of rotatable bonds is 6. The van der Waals surface area contributed by atoms with E-state index < -0.39 is 10.0 Å². The van der Waals surface area contributed by atoms with Gasteiger partial charge < -0.3 is 9.64 Å². The Bertz CT molecular complexity index is 1020. The van der Waals surface area contributed by atoms with Gasteiger partial charge in [-0.25, -0.2) is 8.42 Å². The minimum atomic E-state index is -3.54. The monoisotopic (exact) mass is 411 g/mol. The molecule has 2 aromatic carbocycles. The summed E-state index contributed by atoms with van der Waals surface area (Å²) in [7, 11) is -3.54. The van der Waals surface area contributed by atoms with Gasteiger partial charge in [0.25, 0.3) is 5.91 Å². The highest BCUT2D eigenvalue weighted by molar-refractivity contribution is 7.92. The van der Waals surface area contributed by atoms with E-state index in [4.69, 9.17) is 10.00 Å². The molecular formula is C21H21N3O4S. The molecule has 1 fully saturated rings. The van der Waals surface area contributed by atoms with Crippen molar-refractivity contribution in [3.63, 3.8) is 0 Å². The van der Waals surface area contributed by atoms with Crippen molar-refractivity contribution in [2.75, 3.05) is 32.8 Å². The van der Waals surface area contributed by atoms with Gasteiger partial charge >= 0.3 is 0 Å². The summed E-state index contributed by atoms with van der Waals surface area (Å²) in [4.78, 5) is 13.9. The highest BCUT2D eigenvalue weighted by Gasteiger charge is 2.27. The summed E-state index contributed by atoms with van der Waals surface area (Å²) < 4.78 is 31.8. The molecule has 1 saturated heterocycles. The van der Waals surface area contributed by atoms with Gasteiger partial charge in [0.1, 0.15) is 5.75 Å². The zero-order valence-corrected chi connectivity index (χ0v) is 16.6. The molecule has 29 heavy (non-hydrogen) atoms. The number of benzene rings is 2. The second-order valence-electron chi connectivity index (χ2n) is 6.47. The van der Waals surface area contributed by atoms with Crippen LogP contribution >= 0.6 is 0 Å². The highest BCUT2D eigenvalue weighted by Crippen LogP contribution is 2.14. The lowest BCUT2D eigenvalue weighted by Gasteiger charge is -2.33. The Hall–Kier alpha value is -3.15. The number of nitriles is 1. The normalized spacial score (nSPS) is 15.2. The number of sulfonamides is 1. The van der Waals surface area contributed by atoms with E-state index in [1.807, 2.05) is 36.4 Å².